The lowest BCUT2D eigenvalue weighted by Crippen LogP contribution is -2.27. The Kier molecular flexibility index (Phi) is 18.3. The maximum Gasteiger partial charge on any atom is -0.00204 e. The average Bonchev–Trinajstić information content (AvgIpc) is 2.54. The summed E-state index contributed by atoms with van der Waals surface area (Å²) in [5.74, 6) is 1.76. The summed E-state index contributed by atoms with van der Waals surface area (Å²) >= 11 is 0. The van der Waals surface area contributed by atoms with E-state index in [0.717, 1.165) is 11.8 Å². The summed E-state index contributed by atoms with van der Waals surface area (Å²) in [6.45, 7) is 11.8. The van der Waals surface area contributed by atoms with Crippen LogP contribution in [0.1, 0.15) is 118 Å². The molecule has 0 heterocycles. The van der Waals surface area contributed by atoms with Crippen LogP contribution in [0.15, 0.2) is 0 Å². The molecule has 1 heteroatoms. The second-order valence-electron chi connectivity index (χ2n) is 7.82. The van der Waals surface area contributed by atoms with Crippen LogP contribution in [-0.4, -0.2) is 13.1 Å². The molecule has 0 saturated heterocycles. The van der Waals surface area contributed by atoms with Crippen molar-refractivity contribution < 1.29 is 0 Å². The van der Waals surface area contributed by atoms with Gasteiger partial charge in [0.15, 0.2) is 0 Å². The third-order valence-electron chi connectivity index (χ3n) is 5.14. The van der Waals surface area contributed by atoms with E-state index in [4.69, 9.17) is 0 Å². The van der Waals surface area contributed by atoms with Gasteiger partial charge < -0.3 is 5.32 Å². The van der Waals surface area contributed by atoms with Crippen LogP contribution in [0.3, 0.4) is 0 Å². The van der Waals surface area contributed by atoms with Crippen LogP contribution >= 0.6 is 0 Å². The van der Waals surface area contributed by atoms with E-state index in [0.29, 0.717) is 0 Å². The predicted octanol–water partition coefficient (Wildman–Crippen LogP) is 7.35. The van der Waals surface area contributed by atoms with E-state index in [9.17, 15) is 0 Å². The van der Waals surface area contributed by atoms with Gasteiger partial charge in [-0.1, -0.05) is 98.3 Å². The molecule has 0 spiro atoms. The van der Waals surface area contributed by atoms with Crippen LogP contribution in [0.5, 0.6) is 0 Å². The van der Waals surface area contributed by atoms with Crippen molar-refractivity contribution in [3.05, 3.63) is 0 Å². The standard InChI is InChI=1S/C22H47N/c1-5-8-10-11-12-13-15-17-21(4)19-23-20-22(16-7-3)18-14-9-6-2/h21-23H,5-20H2,1-4H3. The Morgan fingerprint density at radius 1 is 0.565 bits per heavy atom. The highest BCUT2D eigenvalue weighted by Crippen LogP contribution is 2.16. The van der Waals surface area contributed by atoms with Crippen LogP contribution in [0, 0.1) is 11.8 Å². The Hall–Kier alpha value is -0.0400. The molecular weight excluding hydrogens is 278 g/mol. The molecule has 0 rings (SSSR count). The largest absolute Gasteiger partial charge is 0.316 e. The van der Waals surface area contributed by atoms with Crippen LogP contribution in [-0.2, 0) is 0 Å². The van der Waals surface area contributed by atoms with Crippen molar-refractivity contribution in [1.29, 1.82) is 0 Å². The third-order valence-corrected chi connectivity index (χ3v) is 5.14. The molecule has 1 nitrogen and oxygen atoms in total. The van der Waals surface area contributed by atoms with E-state index >= 15 is 0 Å². The maximum absolute atomic E-state index is 3.77. The van der Waals surface area contributed by atoms with Crippen molar-refractivity contribution in [2.45, 2.75) is 118 Å². The minimum atomic E-state index is 0.851. The highest BCUT2D eigenvalue weighted by atomic mass is 14.9. The predicted molar refractivity (Wildman–Crippen MR) is 107 cm³/mol. The maximum atomic E-state index is 3.77. The van der Waals surface area contributed by atoms with Gasteiger partial charge in [0.2, 0.25) is 0 Å². The fourth-order valence-corrected chi connectivity index (χ4v) is 3.53. The van der Waals surface area contributed by atoms with Crippen molar-refractivity contribution in [3.8, 4) is 0 Å². The molecule has 0 fully saturated rings. The zero-order valence-electron chi connectivity index (χ0n) is 17.0. The molecule has 0 aliphatic carbocycles. The molecule has 0 radical (unpaired) electrons. The van der Waals surface area contributed by atoms with Gasteiger partial charge in [-0.3, -0.25) is 0 Å². The molecule has 2 atom stereocenters. The molecule has 0 aromatic heterocycles. The van der Waals surface area contributed by atoms with Crippen molar-refractivity contribution >= 4 is 0 Å². The van der Waals surface area contributed by atoms with E-state index in [2.05, 4.69) is 33.0 Å². The van der Waals surface area contributed by atoms with Crippen LogP contribution in [0.25, 0.3) is 0 Å². The SMILES string of the molecule is CCCCCCCCCC(C)CNCC(CCC)CCCCC. The molecule has 0 aliphatic rings. The van der Waals surface area contributed by atoms with Gasteiger partial charge >= 0.3 is 0 Å². The summed E-state index contributed by atoms with van der Waals surface area (Å²) < 4.78 is 0. The van der Waals surface area contributed by atoms with Crippen LogP contribution in [0.2, 0.25) is 0 Å². The van der Waals surface area contributed by atoms with Crippen molar-refractivity contribution in [2.24, 2.45) is 11.8 Å². The van der Waals surface area contributed by atoms with Gasteiger partial charge in [0.1, 0.15) is 0 Å². The summed E-state index contributed by atoms with van der Waals surface area (Å²) in [5.41, 5.74) is 0. The molecule has 2 unspecified atom stereocenters. The van der Waals surface area contributed by atoms with E-state index in [1.165, 1.54) is 103 Å². The summed E-state index contributed by atoms with van der Waals surface area (Å²) in [6.07, 6.45) is 19.8. The number of hydrogen-bond acceptors (Lipinski definition) is 1. The summed E-state index contributed by atoms with van der Waals surface area (Å²) in [6, 6.07) is 0. The van der Waals surface area contributed by atoms with E-state index in [-0.39, 0.29) is 0 Å². The first kappa shape index (κ1) is 23.0. The van der Waals surface area contributed by atoms with Gasteiger partial charge in [-0.25, -0.2) is 0 Å². The lowest BCUT2D eigenvalue weighted by Gasteiger charge is -2.19. The number of unbranched alkanes of at least 4 members (excludes halogenated alkanes) is 8. The minimum Gasteiger partial charge on any atom is -0.316 e. The monoisotopic (exact) mass is 325 g/mol. The molecular formula is C22H47N. The average molecular weight is 326 g/mol. The zero-order chi connectivity index (χ0) is 17.2. The van der Waals surface area contributed by atoms with Gasteiger partial charge in [-0.2, -0.15) is 0 Å². The normalized spacial score (nSPS) is 14.1. The lowest BCUT2D eigenvalue weighted by molar-refractivity contribution is 0.373. The number of hydrogen-bond donors (Lipinski definition) is 1. The van der Waals surface area contributed by atoms with E-state index < -0.39 is 0 Å². The molecule has 140 valence electrons. The van der Waals surface area contributed by atoms with Gasteiger partial charge in [-0.05, 0) is 44.2 Å². The number of rotatable bonds is 18. The first-order chi connectivity index (χ1) is 11.2. The Morgan fingerprint density at radius 3 is 1.78 bits per heavy atom. The zero-order valence-corrected chi connectivity index (χ0v) is 17.0. The first-order valence-electron chi connectivity index (χ1n) is 10.9. The summed E-state index contributed by atoms with van der Waals surface area (Å²) in [4.78, 5) is 0. The Morgan fingerprint density at radius 2 is 1.13 bits per heavy atom. The van der Waals surface area contributed by atoms with Gasteiger partial charge in [0.25, 0.3) is 0 Å². The number of nitrogens with one attached hydrogen (secondary N) is 1. The Bertz CT molecular complexity index is 214. The second kappa shape index (κ2) is 18.3. The van der Waals surface area contributed by atoms with E-state index in [1.807, 2.05) is 0 Å². The highest BCUT2D eigenvalue weighted by molar-refractivity contribution is 4.65. The topological polar surface area (TPSA) is 12.0 Å². The third kappa shape index (κ3) is 16.6. The highest BCUT2D eigenvalue weighted by Gasteiger charge is 2.08. The fraction of sp³-hybridized carbons (Fsp3) is 1.00. The lowest BCUT2D eigenvalue weighted by atomic mass is 9.96. The molecule has 0 aromatic rings. The molecule has 0 bridgehead atoms. The fourth-order valence-electron chi connectivity index (χ4n) is 3.53. The minimum absolute atomic E-state index is 0.851. The van der Waals surface area contributed by atoms with Crippen LogP contribution < -0.4 is 5.32 Å². The first-order valence-corrected chi connectivity index (χ1v) is 10.9. The van der Waals surface area contributed by atoms with Crippen molar-refractivity contribution in [2.75, 3.05) is 13.1 Å². The van der Waals surface area contributed by atoms with Gasteiger partial charge in [0.05, 0.1) is 0 Å². The molecule has 0 aliphatic heterocycles. The smallest absolute Gasteiger partial charge is 0.00204 e. The summed E-state index contributed by atoms with van der Waals surface area (Å²) in [5, 5.41) is 3.77. The molecule has 1 N–H and O–H groups in total. The van der Waals surface area contributed by atoms with Crippen LogP contribution in [0.4, 0.5) is 0 Å². The van der Waals surface area contributed by atoms with E-state index in [1.54, 1.807) is 0 Å². The molecule has 23 heavy (non-hydrogen) atoms. The van der Waals surface area contributed by atoms with Gasteiger partial charge in [-0.15, -0.1) is 0 Å². The molecule has 0 amide bonds. The van der Waals surface area contributed by atoms with Crippen molar-refractivity contribution in [1.82, 2.24) is 5.32 Å². The Balaban J connectivity index is 3.52. The summed E-state index contributed by atoms with van der Waals surface area (Å²) in [7, 11) is 0. The Labute approximate surface area is 148 Å². The van der Waals surface area contributed by atoms with Gasteiger partial charge in [0, 0.05) is 0 Å². The van der Waals surface area contributed by atoms with Crippen molar-refractivity contribution in [3.63, 3.8) is 0 Å². The molecule has 0 aromatic carbocycles. The molecule has 0 saturated carbocycles. The second-order valence-corrected chi connectivity index (χ2v) is 7.82. The quantitative estimate of drug-likeness (QED) is 0.260.